The predicted molar refractivity (Wildman–Crippen MR) is 117 cm³/mol. The molecule has 32 heavy (non-hydrogen) atoms. The molecule has 1 amide bonds. The van der Waals surface area contributed by atoms with E-state index in [1.165, 1.54) is 45.9 Å². The quantitative estimate of drug-likeness (QED) is 0.251. The molecule has 3 aromatic rings. The second kappa shape index (κ2) is 10.6. The number of amides is 1. The van der Waals surface area contributed by atoms with Gasteiger partial charge < -0.3 is 18.9 Å². The number of aromatic nitrogens is 1. The third-order valence-corrected chi connectivity index (χ3v) is 4.27. The fourth-order valence-corrected chi connectivity index (χ4v) is 2.75. The molecule has 1 N–H and O–H groups in total. The highest BCUT2D eigenvalue weighted by Crippen LogP contribution is 2.38. The standard InChI is InChI=1S/C23H21N3O6/c1-29-19-11-17(12-20(30-2)21(19)31-3)23(28)32-18-8-4-6-15(10-18)13-25-26-22(27)16-7-5-9-24-14-16/h4-14H,1-3H3,(H,26,27)/b25-13+. The van der Waals surface area contributed by atoms with Crippen molar-refractivity contribution in [3.05, 3.63) is 77.6 Å². The third kappa shape index (κ3) is 5.39. The van der Waals surface area contributed by atoms with Crippen LogP contribution in [-0.2, 0) is 0 Å². The lowest BCUT2D eigenvalue weighted by Crippen LogP contribution is -2.17. The number of hydrazone groups is 1. The lowest BCUT2D eigenvalue weighted by Gasteiger charge is -2.13. The van der Waals surface area contributed by atoms with Crippen molar-refractivity contribution < 1.29 is 28.5 Å². The van der Waals surface area contributed by atoms with Gasteiger partial charge in [-0.1, -0.05) is 12.1 Å². The maximum absolute atomic E-state index is 12.7. The van der Waals surface area contributed by atoms with Crippen molar-refractivity contribution in [3.8, 4) is 23.0 Å². The average molecular weight is 435 g/mol. The Kier molecular flexibility index (Phi) is 7.37. The number of nitrogens with zero attached hydrogens (tertiary/aromatic N) is 2. The molecular weight excluding hydrogens is 414 g/mol. The number of benzene rings is 2. The topological polar surface area (TPSA) is 108 Å². The number of esters is 1. The molecule has 0 bridgehead atoms. The molecule has 164 valence electrons. The molecule has 0 spiro atoms. The Morgan fingerprint density at radius 2 is 1.69 bits per heavy atom. The van der Waals surface area contributed by atoms with Gasteiger partial charge in [-0.2, -0.15) is 5.10 Å². The van der Waals surface area contributed by atoms with Crippen LogP contribution in [-0.4, -0.2) is 44.4 Å². The van der Waals surface area contributed by atoms with E-state index in [1.54, 1.807) is 42.6 Å². The van der Waals surface area contributed by atoms with Crippen molar-refractivity contribution in [1.82, 2.24) is 10.4 Å². The Morgan fingerprint density at radius 1 is 0.938 bits per heavy atom. The highest BCUT2D eigenvalue weighted by atomic mass is 16.5. The summed E-state index contributed by atoms with van der Waals surface area (Å²) in [4.78, 5) is 28.5. The lowest BCUT2D eigenvalue weighted by atomic mass is 10.1. The molecule has 0 radical (unpaired) electrons. The average Bonchev–Trinajstić information content (AvgIpc) is 2.83. The van der Waals surface area contributed by atoms with Crippen molar-refractivity contribution >= 4 is 18.1 Å². The van der Waals surface area contributed by atoms with E-state index in [4.69, 9.17) is 18.9 Å². The summed E-state index contributed by atoms with van der Waals surface area (Å²) in [5.41, 5.74) is 3.64. The van der Waals surface area contributed by atoms with E-state index >= 15 is 0 Å². The molecular formula is C23H21N3O6. The van der Waals surface area contributed by atoms with E-state index in [-0.39, 0.29) is 11.5 Å². The summed E-state index contributed by atoms with van der Waals surface area (Å²) in [6.07, 6.45) is 4.45. The molecule has 2 aromatic carbocycles. The summed E-state index contributed by atoms with van der Waals surface area (Å²) in [6, 6.07) is 13.0. The molecule has 9 nitrogen and oxygen atoms in total. The van der Waals surface area contributed by atoms with Gasteiger partial charge in [-0.3, -0.25) is 9.78 Å². The minimum absolute atomic E-state index is 0.224. The van der Waals surface area contributed by atoms with Crippen LogP contribution < -0.4 is 24.4 Å². The zero-order chi connectivity index (χ0) is 22.9. The van der Waals surface area contributed by atoms with Crippen LogP contribution in [0.1, 0.15) is 26.3 Å². The summed E-state index contributed by atoms with van der Waals surface area (Å²) in [5, 5.41) is 3.92. The minimum Gasteiger partial charge on any atom is -0.493 e. The number of carbonyl (C=O) groups excluding carboxylic acids is 2. The molecule has 1 aromatic heterocycles. The highest BCUT2D eigenvalue weighted by Gasteiger charge is 2.18. The summed E-state index contributed by atoms with van der Waals surface area (Å²) < 4.78 is 21.3. The van der Waals surface area contributed by atoms with Gasteiger partial charge in [0.15, 0.2) is 11.5 Å². The van der Waals surface area contributed by atoms with Crippen molar-refractivity contribution in [2.24, 2.45) is 5.10 Å². The van der Waals surface area contributed by atoms with Gasteiger partial charge in [0, 0.05) is 12.4 Å². The monoisotopic (exact) mass is 435 g/mol. The Hall–Kier alpha value is -4.40. The van der Waals surface area contributed by atoms with E-state index in [0.29, 0.717) is 34.1 Å². The maximum atomic E-state index is 12.7. The molecule has 0 fully saturated rings. The first-order valence-electron chi connectivity index (χ1n) is 9.41. The first-order valence-corrected chi connectivity index (χ1v) is 9.41. The zero-order valence-electron chi connectivity index (χ0n) is 17.7. The molecule has 0 atom stereocenters. The second-order valence-corrected chi connectivity index (χ2v) is 6.32. The van der Waals surface area contributed by atoms with Crippen molar-refractivity contribution in [2.75, 3.05) is 21.3 Å². The molecule has 3 rings (SSSR count). The van der Waals surface area contributed by atoms with Crippen LogP contribution in [0, 0.1) is 0 Å². The van der Waals surface area contributed by atoms with Crippen LogP contribution in [0.3, 0.4) is 0 Å². The summed E-state index contributed by atoms with van der Waals surface area (Å²) in [6.45, 7) is 0. The van der Waals surface area contributed by atoms with E-state index in [1.807, 2.05) is 0 Å². The largest absolute Gasteiger partial charge is 0.493 e. The van der Waals surface area contributed by atoms with Crippen LogP contribution in [0.5, 0.6) is 23.0 Å². The van der Waals surface area contributed by atoms with Gasteiger partial charge in [0.25, 0.3) is 5.91 Å². The highest BCUT2D eigenvalue weighted by molar-refractivity contribution is 5.95. The molecule has 9 heteroatoms. The minimum atomic E-state index is -0.608. The number of nitrogens with one attached hydrogen (secondary N) is 1. The number of pyridine rings is 1. The Bertz CT molecular complexity index is 1110. The number of ether oxygens (including phenoxy) is 4. The SMILES string of the molecule is COc1cc(C(=O)Oc2cccc(/C=N/NC(=O)c3cccnc3)c2)cc(OC)c1OC. The molecule has 0 aliphatic heterocycles. The number of carbonyl (C=O) groups is 2. The Balaban J connectivity index is 1.70. The molecule has 0 aliphatic rings. The molecule has 0 unspecified atom stereocenters. The van der Waals surface area contributed by atoms with Crippen molar-refractivity contribution in [2.45, 2.75) is 0 Å². The van der Waals surface area contributed by atoms with E-state index in [9.17, 15) is 9.59 Å². The molecule has 1 heterocycles. The first-order chi connectivity index (χ1) is 15.5. The fourth-order valence-electron chi connectivity index (χ4n) is 2.75. The number of hydrogen-bond donors (Lipinski definition) is 1. The van der Waals surface area contributed by atoms with Crippen LogP contribution >= 0.6 is 0 Å². The van der Waals surface area contributed by atoms with Gasteiger partial charge in [-0.25, -0.2) is 10.2 Å². The van der Waals surface area contributed by atoms with E-state index < -0.39 is 5.97 Å². The van der Waals surface area contributed by atoms with Crippen LogP contribution in [0.2, 0.25) is 0 Å². The number of methoxy groups -OCH3 is 3. The normalized spacial score (nSPS) is 10.5. The van der Waals surface area contributed by atoms with Crippen molar-refractivity contribution in [3.63, 3.8) is 0 Å². The van der Waals surface area contributed by atoms with Gasteiger partial charge in [0.2, 0.25) is 5.75 Å². The summed E-state index contributed by atoms with van der Waals surface area (Å²) in [7, 11) is 4.40. The Labute approximate surface area is 184 Å². The smallest absolute Gasteiger partial charge is 0.343 e. The fraction of sp³-hybridized carbons (Fsp3) is 0.130. The number of hydrogen-bond acceptors (Lipinski definition) is 8. The van der Waals surface area contributed by atoms with Gasteiger partial charge in [-0.15, -0.1) is 0 Å². The van der Waals surface area contributed by atoms with Gasteiger partial charge in [0.05, 0.1) is 38.7 Å². The molecule has 0 saturated heterocycles. The van der Waals surface area contributed by atoms with Gasteiger partial charge >= 0.3 is 5.97 Å². The molecule has 0 aliphatic carbocycles. The predicted octanol–water partition coefficient (Wildman–Crippen LogP) is 3.09. The lowest BCUT2D eigenvalue weighted by molar-refractivity contribution is 0.0733. The van der Waals surface area contributed by atoms with E-state index in [2.05, 4.69) is 15.5 Å². The third-order valence-electron chi connectivity index (χ3n) is 4.27. The van der Waals surface area contributed by atoms with Crippen molar-refractivity contribution in [1.29, 1.82) is 0 Å². The van der Waals surface area contributed by atoms with Gasteiger partial charge in [0.1, 0.15) is 5.75 Å². The first kappa shape index (κ1) is 22.3. The van der Waals surface area contributed by atoms with Crippen LogP contribution in [0.15, 0.2) is 66.0 Å². The van der Waals surface area contributed by atoms with Crippen LogP contribution in [0.4, 0.5) is 0 Å². The zero-order valence-corrected chi connectivity index (χ0v) is 17.7. The Morgan fingerprint density at radius 3 is 2.31 bits per heavy atom. The maximum Gasteiger partial charge on any atom is 0.343 e. The number of rotatable bonds is 8. The summed E-state index contributed by atoms with van der Waals surface area (Å²) in [5.74, 6) is 0.347. The van der Waals surface area contributed by atoms with Crippen LogP contribution in [0.25, 0.3) is 0 Å². The second-order valence-electron chi connectivity index (χ2n) is 6.32. The van der Waals surface area contributed by atoms with Gasteiger partial charge in [-0.05, 0) is 42.0 Å². The molecule has 0 saturated carbocycles. The summed E-state index contributed by atoms with van der Waals surface area (Å²) >= 11 is 0. The van der Waals surface area contributed by atoms with E-state index in [0.717, 1.165) is 0 Å².